The summed E-state index contributed by atoms with van der Waals surface area (Å²) in [5.74, 6) is 1.32. The Kier molecular flexibility index (Phi) is 2.79. The quantitative estimate of drug-likeness (QED) is 0.833. The number of phenols is 1. The maximum atomic E-state index is 9.31. The highest BCUT2D eigenvalue weighted by molar-refractivity contribution is 6.30. The zero-order chi connectivity index (χ0) is 10.7. The first kappa shape index (κ1) is 9.87. The molecule has 2 aromatic rings. The minimum Gasteiger partial charge on any atom is -0.508 e. The fraction of sp³-hybridized carbons (Fsp3) is 0. The van der Waals surface area contributed by atoms with Gasteiger partial charge in [-0.25, -0.2) is 0 Å². The first-order valence-corrected chi connectivity index (χ1v) is 4.84. The van der Waals surface area contributed by atoms with Crippen molar-refractivity contribution in [2.75, 3.05) is 0 Å². The van der Waals surface area contributed by atoms with Gasteiger partial charge >= 0.3 is 0 Å². The number of aromatic hydroxyl groups is 1. The van der Waals surface area contributed by atoms with Crippen molar-refractivity contribution in [3.63, 3.8) is 0 Å². The normalized spacial score (nSPS) is 9.93. The van der Waals surface area contributed by atoms with Crippen molar-refractivity contribution in [1.82, 2.24) is 0 Å². The average molecular weight is 221 g/mol. The lowest BCUT2D eigenvalue weighted by Crippen LogP contribution is -1.83. The Labute approximate surface area is 92.7 Å². The fourth-order valence-electron chi connectivity index (χ4n) is 1.23. The monoisotopic (exact) mass is 220 g/mol. The molecule has 0 atom stereocenters. The van der Waals surface area contributed by atoms with E-state index in [-0.39, 0.29) is 5.75 Å². The van der Waals surface area contributed by atoms with Crippen molar-refractivity contribution in [1.29, 1.82) is 0 Å². The molecular weight excluding hydrogens is 212 g/mol. The first-order chi connectivity index (χ1) is 7.24. The summed E-state index contributed by atoms with van der Waals surface area (Å²) in [6.07, 6.45) is 0. The van der Waals surface area contributed by atoms with E-state index in [1.807, 2.05) is 30.3 Å². The van der Waals surface area contributed by atoms with Crippen molar-refractivity contribution in [2.45, 2.75) is 0 Å². The van der Waals surface area contributed by atoms with Crippen LogP contribution >= 0.6 is 11.6 Å². The Morgan fingerprint density at radius 1 is 0.933 bits per heavy atom. The van der Waals surface area contributed by atoms with Gasteiger partial charge in [0.05, 0.1) is 0 Å². The average Bonchev–Trinajstić information content (AvgIpc) is 2.17. The van der Waals surface area contributed by atoms with Crippen LogP contribution in [0.3, 0.4) is 0 Å². The molecule has 0 aliphatic heterocycles. The van der Waals surface area contributed by atoms with Crippen LogP contribution in [-0.2, 0) is 0 Å². The maximum Gasteiger partial charge on any atom is 0.132 e. The highest BCUT2D eigenvalue weighted by Gasteiger charge is 2.00. The number of ether oxygens (including phenoxy) is 1. The van der Waals surface area contributed by atoms with Gasteiger partial charge < -0.3 is 9.84 Å². The smallest absolute Gasteiger partial charge is 0.132 e. The third-order valence-electron chi connectivity index (χ3n) is 1.83. The number of para-hydroxylation sites is 1. The number of halogens is 1. The Hall–Kier alpha value is -1.67. The van der Waals surface area contributed by atoms with E-state index in [0.717, 1.165) is 0 Å². The molecule has 2 nitrogen and oxygen atoms in total. The van der Waals surface area contributed by atoms with E-state index in [1.165, 1.54) is 12.1 Å². The first-order valence-electron chi connectivity index (χ1n) is 4.46. The van der Waals surface area contributed by atoms with Gasteiger partial charge in [0.25, 0.3) is 0 Å². The molecular formula is C12H9ClO2. The highest BCUT2D eigenvalue weighted by Crippen LogP contribution is 2.28. The van der Waals surface area contributed by atoms with Crippen LogP contribution in [0.4, 0.5) is 0 Å². The Morgan fingerprint density at radius 3 is 2.33 bits per heavy atom. The third-order valence-corrected chi connectivity index (χ3v) is 2.05. The Morgan fingerprint density at radius 2 is 1.67 bits per heavy atom. The summed E-state index contributed by atoms with van der Waals surface area (Å²) in [6.45, 7) is 0. The second-order valence-electron chi connectivity index (χ2n) is 3.06. The molecule has 0 fully saturated rings. The summed E-state index contributed by atoms with van der Waals surface area (Å²) in [5.41, 5.74) is 0. The molecule has 0 spiro atoms. The lowest BCUT2D eigenvalue weighted by molar-refractivity contribution is 0.455. The van der Waals surface area contributed by atoms with Crippen molar-refractivity contribution >= 4 is 11.6 Å². The number of hydrogen-bond donors (Lipinski definition) is 1. The molecule has 0 heterocycles. The highest BCUT2D eigenvalue weighted by atomic mass is 35.5. The number of rotatable bonds is 2. The minimum atomic E-state index is 0.0911. The molecule has 2 aromatic carbocycles. The summed E-state index contributed by atoms with van der Waals surface area (Å²) >= 11 is 5.78. The summed E-state index contributed by atoms with van der Waals surface area (Å²) in [6, 6.07) is 13.9. The van der Waals surface area contributed by atoms with Crippen LogP contribution in [0.5, 0.6) is 17.2 Å². The van der Waals surface area contributed by atoms with Crippen molar-refractivity contribution < 1.29 is 9.84 Å². The summed E-state index contributed by atoms with van der Waals surface area (Å²) in [4.78, 5) is 0. The summed E-state index contributed by atoms with van der Waals surface area (Å²) in [5, 5.41) is 9.75. The standard InChI is InChI=1S/C12H9ClO2/c13-9-6-10(14)8-12(7-9)15-11-4-2-1-3-5-11/h1-8,14H. The predicted octanol–water partition coefficient (Wildman–Crippen LogP) is 3.84. The molecule has 0 unspecified atom stereocenters. The predicted molar refractivity (Wildman–Crippen MR) is 59.6 cm³/mol. The van der Waals surface area contributed by atoms with Gasteiger partial charge in [-0.2, -0.15) is 0 Å². The van der Waals surface area contributed by atoms with Crippen LogP contribution in [0, 0.1) is 0 Å². The molecule has 0 aromatic heterocycles. The third kappa shape index (κ3) is 2.64. The van der Waals surface area contributed by atoms with Crippen LogP contribution in [0.25, 0.3) is 0 Å². The Balaban J connectivity index is 2.25. The van der Waals surface area contributed by atoms with Gasteiger partial charge in [0.15, 0.2) is 0 Å². The summed E-state index contributed by atoms with van der Waals surface area (Å²) < 4.78 is 5.50. The van der Waals surface area contributed by atoms with E-state index in [4.69, 9.17) is 16.3 Å². The van der Waals surface area contributed by atoms with Gasteiger partial charge in [0.1, 0.15) is 17.2 Å². The number of phenolic OH excluding ortho intramolecular Hbond substituents is 1. The van der Waals surface area contributed by atoms with Crippen LogP contribution in [0.15, 0.2) is 48.5 Å². The topological polar surface area (TPSA) is 29.5 Å². The minimum absolute atomic E-state index is 0.0911. The van der Waals surface area contributed by atoms with Crippen LogP contribution in [-0.4, -0.2) is 5.11 Å². The lowest BCUT2D eigenvalue weighted by atomic mass is 10.3. The summed E-state index contributed by atoms with van der Waals surface area (Å²) in [7, 11) is 0. The van der Waals surface area contributed by atoms with Gasteiger partial charge in [-0.3, -0.25) is 0 Å². The van der Waals surface area contributed by atoms with Gasteiger partial charge in [0.2, 0.25) is 0 Å². The van der Waals surface area contributed by atoms with Crippen LogP contribution in [0.1, 0.15) is 0 Å². The molecule has 0 radical (unpaired) electrons. The molecule has 76 valence electrons. The molecule has 0 amide bonds. The fourth-order valence-corrected chi connectivity index (χ4v) is 1.45. The zero-order valence-electron chi connectivity index (χ0n) is 7.85. The van der Waals surface area contributed by atoms with Crippen molar-refractivity contribution in [2.24, 2.45) is 0 Å². The molecule has 0 saturated heterocycles. The number of hydrogen-bond acceptors (Lipinski definition) is 2. The molecule has 0 saturated carbocycles. The molecule has 0 aliphatic rings. The molecule has 2 rings (SSSR count). The maximum absolute atomic E-state index is 9.31. The van der Waals surface area contributed by atoms with E-state index in [2.05, 4.69) is 0 Å². The van der Waals surface area contributed by atoms with Crippen LogP contribution in [0.2, 0.25) is 5.02 Å². The van der Waals surface area contributed by atoms with Gasteiger partial charge in [0, 0.05) is 11.1 Å². The van der Waals surface area contributed by atoms with Gasteiger partial charge in [-0.1, -0.05) is 29.8 Å². The molecule has 1 N–H and O–H groups in total. The van der Waals surface area contributed by atoms with Gasteiger partial charge in [-0.05, 0) is 24.3 Å². The molecule has 0 bridgehead atoms. The van der Waals surface area contributed by atoms with E-state index in [0.29, 0.717) is 16.5 Å². The lowest BCUT2D eigenvalue weighted by Gasteiger charge is -2.05. The molecule has 0 aliphatic carbocycles. The van der Waals surface area contributed by atoms with E-state index in [1.54, 1.807) is 6.07 Å². The van der Waals surface area contributed by atoms with Gasteiger partial charge in [-0.15, -0.1) is 0 Å². The second-order valence-corrected chi connectivity index (χ2v) is 3.50. The Bertz CT molecular complexity index is 434. The van der Waals surface area contributed by atoms with E-state index in [9.17, 15) is 5.11 Å². The molecule has 15 heavy (non-hydrogen) atoms. The van der Waals surface area contributed by atoms with Crippen molar-refractivity contribution in [3.8, 4) is 17.2 Å². The van der Waals surface area contributed by atoms with E-state index >= 15 is 0 Å². The van der Waals surface area contributed by atoms with Crippen molar-refractivity contribution in [3.05, 3.63) is 53.6 Å². The zero-order valence-corrected chi connectivity index (χ0v) is 8.61. The van der Waals surface area contributed by atoms with E-state index < -0.39 is 0 Å². The molecule has 3 heteroatoms. The van der Waals surface area contributed by atoms with Crippen LogP contribution < -0.4 is 4.74 Å². The largest absolute Gasteiger partial charge is 0.508 e. The number of benzene rings is 2. The SMILES string of the molecule is Oc1cc(Cl)cc(Oc2ccccc2)c1. The second kappa shape index (κ2) is 4.24.